The van der Waals surface area contributed by atoms with Crippen LogP contribution in [0, 0.1) is 0 Å². The summed E-state index contributed by atoms with van der Waals surface area (Å²) in [6.45, 7) is 0. The summed E-state index contributed by atoms with van der Waals surface area (Å²) >= 11 is 12.0. The summed E-state index contributed by atoms with van der Waals surface area (Å²) in [5.74, 6) is -0.0664. The lowest BCUT2D eigenvalue weighted by molar-refractivity contribution is 0.0692. The second-order valence-electron chi connectivity index (χ2n) is 7.18. The van der Waals surface area contributed by atoms with Gasteiger partial charge in [0.25, 0.3) is 5.91 Å². The van der Waals surface area contributed by atoms with Gasteiger partial charge in [-0.15, -0.1) is 0 Å². The molecule has 0 saturated heterocycles. The predicted octanol–water partition coefficient (Wildman–Crippen LogP) is 5.66. The molecule has 1 fully saturated rings. The molecular formula is C22H21ClN2OS. The third-order valence-electron chi connectivity index (χ3n) is 5.37. The van der Waals surface area contributed by atoms with Crippen LogP contribution in [0.3, 0.4) is 0 Å². The quantitative estimate of drug-likeness (QED) is 0.613. The molecular weight excluding hydrogens is 376 g/mol. The molecule has 2 aromatic carbocycles. The van der Waals surface area contributed by atoms with E-state index in [1.807, 2.05) is 54.6 Å². The summed E-state index contributed by atoms with van der Waals surface area (Å²) in [4.78, 5) is 20.8. The number of hydrogen-bond donors (Lipinski definition) is 0. The third-order valence-corrected chi connectivity index (χ3v) is 5.98. The summed E-state index contributed by atoms with van der Waals surface area (Å²) in [5, 5.41) is 0.640. The molecule has 5 heteroatoms. The van der Waals surface area contributed by atoms with Crippen LogP contribution < -0.4 is 0 Å². The van der Waals surface area contributed by atoms with Crippen molar-refractivity contribution in [1.29, 1.82) is 0 Å². The fourth-order valence-corrected chi connectivity index (χ4v) is 4.65. The number of carbonyl (C=O) groups is 1. The van der Waals surface area contributed by atoms with Crippen LogP contribution in [-0.2, 0) is 0 Å². The van der Waals surface area contributed by atoms with E-state index in [0.717, 1.165) is 31.2 Å². The Balaban J connectivity index is 1.80. The Morgan fingerprint density at radius 1 is 1.00 bits per heavy atom. The number of amides is 1. The van der Waals surface area contributed by atoms with Crippen molar-refractivity contribution in [2.24, 2.45) is 4.99 Å². The number of rotatable bonds is 2. The number of hydrogen-bond acceptors (Lipinski definition) is 3. The van der Waals surface area contributed by atoms with Crippen molar-refractivity contribution >= 4 is 40.4 Å². The van der Waals surface area contributed by atoms with Gasteiger partial charge in [-0.2, -0.15) is 0 Å². The minimum atomic E-state index is -0.571. The van der Waals surface area contributed by atoms with Gasteiger partial charge in [-0.05, 0) is 49.9 Å². The van der Waals surface area contributed by atoms with Crippen LogP contribution in [0.1, 0.15) is 54.4 Å². The Hall–Kier alpha value is -2.04. The van der Waals surface area contributed by atoms with Gasteiger partial charge in [0.15, 0.2) is 0 Å². The molecule has 4 rings (SSSR count). The smallest absolute Gasteiger partial charge is 0.260 e. The molecule has 0 bridgehead atoms. The lowest BCUT2D eigenvalue weighted by Crippen LogP contribution is -2.49. The van der Waals surface area contributed by atoms with E-state index in [0.29, 0.717) is 21.3 Å². The Kier molecular flexibility index (Phi) is 5.11. The average molecular weight is 397 g/mol. The van der Waals surface area contributed by atoms with Gasteiger partial charge in [-0.25, -0.2) is 0 Å². The third kappa shape index (κ3) is 3.44. The Morgan fingerprint density at radius 2 is 1.70 bits per heavy atom. The highest BCUT2D eigenvalue weighted by Gasteiger charge is 2.48. The second kappa shape index (κ2) is 7.53. The van der Waals surface area contributed by atoms with E-state index in [1.54, 1.807) is 4.90 Å². The molecule has 2 aromatic rings. The molecule has 138 valence electrons. The number of aliphatic imine (C=N–C) groups is 1. The van der Waals surface area contributed by atoms with Crippen molar-refractivity contribution in [2.75, 3.05) is 0 Å². The van der Waals surface area contributed by atoms with Crippen molar-refractivity contribution in [3.8, 4) is 0 Å². The van der Waals surface area contributed by atoms with Gasteiger partial charge >= 0.3 is 0 Å². The van der Waals surface area contributed by atoms with Crippen molar-refractivity contribution in [3.63, 3.8) is 0 Å². The SMILES string of the molecule is O=C(c1ccccc1)N1C(=S)C(c2cccc(Cl)c2)=NC12CCCCCC2. The zero-order valence-electron chi connectivity index (χ0n) is 15.0. The molecule has 0 unspecified atom stereocenters. The lowest BCUT2D eigenvalue weighted by atomic mass is 9.99. The predicted molar refractivity (Wildman–Crippen MR) is 114 cm³/mol. The van der Waals surface area contributed by atoms with Crippen LogP contribution in [-0.4, -0.2) is 27.2 Å². The molecule has 0 radical (unpaired) electrons. The van der Waals surface area contributed by atoms with E-state index in [2.05, 4.69) is 0 Å². The highest BCUT2D eigenvalue weighted by molar-refractivity contribution is 7.82. The fourth-order valence-electron chi connectivity index (χ4n) is 4.05. The van der Waals surface area contributed by atoms with Crippen molar-refractivity contribution in [3.05, 3.63) is 70.7 Å². The zero-order valence-corrected chi connectivity index (χ0v) is 16.6. The first-order chi connectivity index (χ1) is 13.1. The number of thiocarbonyl (C=S) groups is 1. The van der Waals surface area contributed by atoms with Crippen molar-refractivity contribution in [2.45, 2.75) is 44.2 Å². The molecule has 1 saturated carbocycles. The first kappa shape index (κ1) is 18.3. The van der Waals surface area contributed by atoms with Gasteiger partial charge in [0.05, 0.1) is 0 Å². The van der Waals surface area contributed by atoms with Gasteiger partial charge < -0.3 is 0 Å². The first-order valence-corrected chi connectivity index (χ1v) is 10.2. The normalized spacial score (nSPS) is 19.1. The van der Waals surface area contributed by atoms with Gasteiger partial charge in [-0.3, -0.25) is 14.7 Å². The minimum Gasteiger partial charge on any atom is -0.271 e. The molecule has 1 heterocycles. The van der Waals surface area contributed by atoms with Crippen LogP contribution in [0.15, 0.2) is 59.6 Å². The molecule has 1 spiro atoms. The average Bonchev–Trinajstić information content (AvgIpc) is 2.82. The summed E-state index contributed by atoms with van der Waals surface area (Å²) in [7, 11) is 0. The van der Waals surface area contributed by atoms with Crippen LogP contribution in [0.5, 0.6) is 0 Å². The Bertz CT molecular complexity index is 902. The molecule has 0 atom stereocenters. The number of nitrogens with zero attached hydrogens (tertiary/aromatic N) is 2. The monoisotopic (exact) mass is 396 g/mol. The van der Waals surface area contributed by atoms with E-state index in [1.165, 1.54) is 12.8 Å². The Morgan fingerprint density at radius 3 is 2.37 bits per heavy atom. The lowest BCUT2D eigenvalue weighted by Gasteiger charge is -2.35. The van der Waals surface area contributed by atoms with Gasteiger partial charge in [0.2, 0.25) is 0 Å². The van der Waals surface area contributed by atoms with E-state index in [4.69, 9.17) is 28.8 Å². The number of benzene rings is 2. The largest absolute Gasteiger partial charge is 0.271 e. The molecule has 0 N–H and O–H groups in total. The summed E-state index contributed by atoms with van der Waals surface area (Å²) < 4.78 is 0. The maximum atomic E-state index is 13.4. The van der Waals surface area contributed by atoms with Crippen LogP contribution in [0.2, 0.25) is 5.02 Å². The first-order valence-electron chi connectivity index (χ1n) is 9.40. The summed E-state index contributed by atoms with van der Waals surface area (Å²) in [6.07, 6.45) is 6.13. The second-order valence-corrected chi connectivity index (χ2v) is 8.00. The standard InChI is InChI=1S/C22H21ClN2OS/c23-18-12-8-11-17(15-18)19-21(27)25(20(26)16-9-4-3-5-10-16)22(24-19)13-6-1-2-7-14-22/h3-5,8-12,15H,1-2,6-7,13-14H2. The number of halogens is 1. The van der Waals surface area contributed by atoms with E-state index < -0.39 is 5.66 Å². The van der Waals surface area contributed by atoms with Crippen molar-refractivity contribution in [1.82, 2.24) is 4.90 Å². The molecule has 27 heavy (non-hydrogen) atoms. The maximum absolute atomic E-state index is 13.4. The van der Waals surface area contributed by atoms with E-state index >= 15 is 0 Å². The number of carbonyl (C=O) groups excluding carboxylic acids is 1. The van der Waals surface area contributed by atoms with Gasteiger partial charge in [0, 0.05) is 16.1 Å². The van der Waals surface area contributed by atoms with Crippen LogP contribution >= 0.6 is 23.8 Å². The van der Waals surface area contributed by atoms with E-state index in [9.17, 15) is 4.79 Å². The molecule has 2 aliphatic rings. The summed E-state index contributed by atoms with van der Waals surface area (Å²) in [6, 6.07) is 16.9. The highest BCUT2D eigenvalue weighted by atomic mass is 35.5. The molecule has 0 aromatic heterocycles. The summed E-state index contributed by atoms with van der Waals surface area (Å²) in [5.41, 5.74) is 1.65. The molecule has 1 aliphatic heterocycles. The van der Waals surface area contributed by atoms with E-state index in [-0.39, 0.29) is 5.91 Å². The fraction of sp³-hybridized carbons (Fsp3) is 0.318. The molecule has 3 nitrogen and oxygen atoms in total. The van der Waals surface area contributed by atoms with Crippen LogP contribution in [0.25, 0.3) is 0 Å². The minimum absolute atomic E-state index is 0.0664. The van der Waals surface area contributed by atoms with Crippen molar-refractivity contribution < 1.29 is 4.79 Å². The van der Waals surface area contributed by atoms with Crippen LogP contribution in [0.4, 0.5) is 0 Å². The molecule has 1 aliphatic carbocycles. The van der Waals surface area contributed by atoms with Gasteiger partial charge in [0.1, 0.15) is 16.4 Å². The molecule has 1 amide bonds. The Labute approximate surface area is 170 Å². The topological polar surface area (TPSA) is 32.7 Å². The van der Waals surface area contributed by atoms with Gasteiger partial charge in [-0.1, -0.05) is 67.0 Å². The highest BCUT2D eigenvalue weighted by Crippen LogP contribution is 2.40. The zero-order chi connectivity index (χ0) is 18.9. The maximum Gasteiger partial charge on any atom is 0.260 e.